The normalized spacial score (nSPS) is 17.1. The fourth-order valence-corrected chi connectivity index (χ4v) is 2.03. The second kappa shape index (κ2) is 5.16. The van der Waals surface area contributed by atoms with Crippen LogP contribution in [-0.4, -0.2) is 40.9 Å². The standard InChI is InChI=1S/C11H20N4/c1-14-10-5-11(13-14)12-6-4-9-15-7-2-3-8-15/h5,10H,2-4,6-9H2,1H3,(H,12,13). The summed E-state index contributed by atoms with van der Waals surface area (Å²) in [7, 11) is 1.94. The van der Waals surface area contributed by atoms with Crippen molar-refractivity contribution in [2.24, 2.45) is 7.05 Å². The van der Waals surface area contributed by atoms with Gasteiger partial charge in [0.1, 0.15) is 5.82 Å². The topological polar surface area (TPSA) is 33.1 Å². The van der Waals surface area contributed by atoms with Gasteiger partial charge in [-0.15, -0.1) is 0 Å². The average Bonchev–Trinajstić information content (AvgIpc) is 2.84. The van der Waals surface area contributed by atoms with E-state index < -0.39 is 0 Å². The van der Waals surface area contributed by atoms with E-state index in [4.69, 9.17) is 0 Å². The van der Waals surface area contributed by atoms with Crippen molar-refractivity contribution < 1.29 is 0 Å². The van der Waals surface area contributed by atoms with Gasteiger partial charge in [-0.1, -0.05) is 0 Å². The fraction of sp³-hybridized carbons (Fsp3) is 0.727. The van der Waals surface area contributed by atoms with Crippen LogP contribution in [-0.2, 0) is 7.05 Å². The van der Waals surface area contributed by atoms with Gasteiger partial charge in [-0.05, 0) is 38.9 Å². The number of nitrogens with one attached hydrogen (secondary N) is 1. The van der Waals surface area contributed by atoms with Crippen molar-refractivity contribution >= 4 is 5.82 Å². The molecule has 1 aromatic rings. The highest BCUT2D eigenvalue weighted by Gasteiger charge is 2.09. The maximum atomic E-state index is 4.27. The first-order chi connectivity index (χ1) is 7.34. The number of likely N-dealkylation sites (tertiary alicyclic amines) is 1. The van der Waals surface area contributed by atoms with Gasteiger partial charge in [-0.25, -0.2) is 0 Å². The van der Waals surface area contributed by atoms with Crippen LogP contribution in [0.25, 0.3) is 0 Å². The maximum absolute atomic E-state index is 4.27. The van der Waals surface area contributed by atoms with Gasteiger partial charge in [-0.2, -0.15) is 5.10 Å². The molecule has 0 amide bonds. The van der Waals surface area contributed by atoms with Gasteiger partial charge in [0.25, 0.3) is 0 Å². The Morgan fingerprint density at radius 2 is 2.20 bits per heavy atom. The Morgan fingerprint density at radius 3 is 2.87 bits per heavy atom. The molecule has 0 unspecified atom stereocenters. The molecule has 2 heterocycles. The maximum Gasteiger partial charge on any atom is 0.147 e. The minimum atomic E-state index is 0.985. The van der Waals surface area contributed by atoms with Crippen LogP contribution in [0.5, 0.6) is 0 Å². The predicted molar refractivity (Wildman–Crippen MR) is 62.0 cm³/mol. The lowest BCUT2D eigenvalue weighted by Gasteiger charge is -2.13. The van der Waals surface area contributed by atoms with Crippen molar-refractivity contribution in [3.63, 3.8) is 0 Å². The van der Waals surface area contributed by atoms with E-state index >= 15 is 0 Å². The number of rotatable bonds is 5. The quantitative estimate of drug-likeness (QED) is 0.741. The molecule has 1 fully saturated rings. The first-order valence-corrected chi connectivity index (χ1v) is 5.80. The van der Waals surface area contributed by atoms with Crippen molar-refractivity contribution in [1.29, 1.82) is 0 Å². The van der Waals surface area contributed by atoms with Crippen molar-refractivity contribution in [2.75, 3.05) is 31.5 Å². The van der Waals surface area contributed by atoms with E-state index in [1.165, 1.54) is 38.9 Å². The average molecular weight is 208 g/mol. The third-order valence-electron chi connectivity index (χ3n) is 2.87. The van der Waals surface area contributed by atoms with E-state index in [-0.39, 0.29) is 0 Å². The second-order valence-corrected chi connectivity index (χ2v) is 4.20. The molecule has 1 aliphatic heterocycles. The first kappa shape index (κ1) is 10.5. The van der Waals surface area contributed by atoms with Crippen molar-refractivity contribution in [2.45, 2.75) is 19.3 Å². The SMILES string of the molecule is Cn1ccc(NCCCN2CCCC2)n1. The third kappa shape index (κ3) is 3.23. The highest BCUT2D eigenvalue weighted by atomic mass is 15.3. The molecule has 0 bridgehead atoms. The van der Waals surface area contributed by atoms with Gasteiger partial charge in [0, 0.05) is 25.9 Å². The van der Waals surface area contributed by atoms with Gasteiger partial charge in [0.2, 0.25) is 0 Å². The monoisotopic (exact) mass is 208 g/mol. The molecule has 0 atom stereocenters. The summed E-state index contributed by atoms with van der Waals surface area (Å²) in [6.07, 6.45) is 5.93. The number of aryl methyl sites for hydroxylation is 1. The number of anilines is 1. The van der Waals surface area contributed by atoms with Crippen LogP contribution >= 0.6 is 0 Å². The smallest absolute Gasteiger partial charge is 0.147 e. The van der Waals surface area contributed by atoms with Gasteiger partial charge < -0.3 is 10.2 Å². The van der Waals surface area contributed by atoms with Gasteiger partial charge in [0.05, 0.1) is 0 Å². The zero-order valence-corrected chi connectivity index (χ0v) is 9.45. The van der Waals surface area contributed by atoms with E-state index in [1.54, 1.807) is 0 Å². The highest BCUT2D eigenvalue weighted by Crippen LogP contribution is 2.07. The lowest BCUT2D eigenvalue weighted by atomic mass is 10.4. The van der Waals surface area contributed by atoms with Crippen LogP contribution in [0.4, 0.5) is 5.82 Å². The van der Waals surface area contributed by atoms with Crippen LogP contribution in [0.1, 0.15) is 19.3 Å². The van der Waals surface area contributed by atoms with Crippen LogP contribution in [0.2, 0.25) is 0 Å². The second-order valence-electron chi connectivity index (χ2n) is 4.20. The third-order valence-corrected chi connectivity index (χ3v) is 2.87. The molecule has 0 aliphatic carbocycles. The number of hydrogen-bond donors (Lipinski definition) is 1. The summed E-state index contributed by atoms with van der Waals surface area (Å²) in [5.41, 5.74) is 0. The molecule has 0 aromatic carbocycles. The summed E-state index contributed by atoms with van der Waals surface area (Å²) >= 11 is 0. The molecule has 1 aromatic heterocycles. The van der Waals surface area contributed by atoms with Gasteiger partial charge in [-0.3, -0.25) is 4.68 Å². The summed E-state index contributed by atoms with van der Waals surface area (Å²) in [6, 6.07) is 2.01. The molecule has 4 nitrogen and oxygen atoms in total. The molecule has 0 spiro atoms. The molecular formula is C11H20N4. The Kier molecular flexibility index (Phi) is 3.61. The van der Waals surface area contributed by atoms with Gasteiger partial charge in [0.15, 0.2) is 0 Å². The Hall–Kier alpha value is -1.03. The van der Waals surface area contributed by atoms with Crippen molar-refractivity contribution in [3.05, 3.63) is 12.3 Å². The zero-order chi connectivity index (χ0) is 10.5. The summed E-state index contributed by atoms with van der Waals surface area (Å²) in [5, 5.41) is 7.60. The first-order valence-electron chi connectivity index (χ1n) is 5.80. The minimum Gasteiger partial charge on any atom is -0.369 e. The number of hydrogen-bond acceptors (Lipinski definition) is 3. The summed E-state index contributed by atoms with van der Waals surface area (Å²) < 4.78 is 1.82. The Labute approximate surface area is 91.3 Å². The van der Waals surface area contributed by atoms with Crippen molar-refractivity contribution in [1.82, 2.24) is 14.7 Å². The molecule has 84 valence electrons. The molecule has 0 saturated carbocycles. The zero-order valence-electron chi connectivity index (χ0n) is 9.45. The molecule has 15 heavy (non-hydrogen) atoms. The van der Waals surface area contributed by atoms with Crippen LogP contribution < -0.4 is 5.32 Å². The van der Waals surface area contributed by atoms with E-state index in [0.29, 0.717) is 0 Å². The number of aromatic nitrogens is 2. The predicted octanol–water partition coefficient (Wildman–Crippen LogP) is 1.32. The van der Waals surface area contributed by atoms with E-state index in [0.717, 1.165) is 12.4 Å². The van der Waals surface area contributed by atoms with E-state index in [2.05, 4.69) is 15.3 Å². The highest BCUT2D eigenvalue weighted by molar-refractivity contribution is 5.31. The summed E-state index contributed by atoms with van der Waals surface area (Å²) in [5.74, 6) is 0.985. The lowest BCUT2D eigenvalue weighted by Crippen LogP contribution is -2.22. The molecular weight excluding hydrogens is 188 g/mol. The van der Waals surface area contributed by atoms with E-state index in [9.17, 15) is 0 Å². The lowest BCUT2D eigenvalue weighted by molar-refractivity contribution is 0.337. The van der Waals surface area contributed by atoms with Crippen LogP contribution in [0.15, 0.2) is 12.3 Å². The molecule has 2 rings (SSSR count). The van der Waals surface area contributed by atoms with Crippen LogP contribution in [0.3, 0.4) is 0 Å². The Balaban J connectivity index is 1.58. The summed E-state index contributed by atoms with van der Waals surface area (Å²) in [6.45, 7) is 4.83. The fourth-order valence-electron chi connectivity index (χ4n) is 2.03. The van der Waals surface area contributed by atoms with Crippen LogP contribution in [0, 0.1) is 0 Å². The largest absolute Gasteiger partial charge is 0.369 e. The summed E-state index contributed by atoms with van der Waals surface area (Å²) in [4.78, 5) is 2.54. The Bertz CT molecular complexity index is 289. The van der Waals surface area contributed by atoms with E-state index in [1.807, 2.05) is 24.0 Å². The minimum absolute atomic E-state index is 0.985. The molecule has 0 radical (unpaired) electrons. The molecule has 4 heteroatoms. The van der Waals surface area contributed by atoms with Crippen molar-refractivity contribution in [3.8, 4) is 0 Å². The molecule has 1 aliphatic rings. The van der Waals surface area contributed by atoms with Gasteiger partial charge >= 0.3 is 0 Å². The molecule has 1 saturated heterocycles. The number of nitrogens with zero attached hydrogens (tertiary/aromatic N) is 3. The Morgan fingerprint density at radius 1 is 1.40 bits per heavy atom. The molecule has 1 N–H and O–H groups in total.